The van der Waals surface area contributed by atoms with Crippen molar-refractivity contribution < 1.29 is 19.7 Å². The molecule has 1 aromatic heterocycles. The molecule has 6 heteroatoms. The van der Waals surface area contributed by atoms with E-state index in [-0.39, 0.29) is 12.8 Å². The Morgan fingerprint density at radius 3 is 2.73 bits per heavy atom. The number of nitrogens with zero attached hydrogens (tertiary/aromatic N) is 1. The second-order valence-electron chi connectivity index (χ2n) is 6.51. The number of carbonyl (C=O) groups is 1. The van der Waals surface area contributed by atoms with Crippen molar-refractivity contribution >= 4 is 33.8 Å². The highest BCUT2D eigenvalue weighted by Crippen LogP contribution is 2.38. The Hall–Kier alpha value is -2.67. The van der Waals surface area contributed by atoms with Crippen LogP contribution in [0.1, 0.15) is 18.2 Å². The summed E-state index contributed by atoms with van der Waals surface area (Å²) in [6, 6.07) is 13.9. The van der Waals surface area contributed by atoms with Crippen molar-refractivity contribution in [3.63, 3.8) is 0 Å². The Bertz CT molecular complexity index is 1010. The Morgan fingerprint density at radius 1 is 1.23 bits per heavy atom. The van der Waals surface area contributed by atoms with Crippen LogP contribution in [0.3, 0.4) is 0 Å². The van der Waals surface area contributed by atoms with E-state index >= 15 is 0 Å². The van der Waals surface area contributed by atoms with Crippen molar-refractivity contribution in [1.29, 1.82) is 0 Å². The minimum Gasteiger partial charge on any atom is -0.394 e. The molecule has 6 nitrogen and oxygen atoms in total. The van der Waals surface area contributed by atoms with Crippen LogP contribution < -0.4 is 5.73 Å². The van der Waals surface area contributed by atoms with Crippen molar-refractivity contribution in [2.24, 2.45) is 5.73 Å². The molecule has 1 unspecified atom stereocenters. The van der Waals surface area contributed by atoms with Crippen LogP contribution in [0.5, 0.6) is 0 Å². The summed E-state index contributed by atoms with van der Waals surface area (Å²) >= 11 is 0. The van der Waals surface area contributed by atoms with E-state index in [9.17, 15) is 15.0 Å². The lowest BCUT2D eigenvalue weighted by atomic mass is 10.1. The minimum atomic E-state index is -0.695. The van der Waals surface area contributed by atoms with Gasteiger partial charge in [0, 0.05) is 23.3 Å². The molecule has 3 atom stereocenters. The van der Waals surface area contributed by atoms with Gasteiger partial charge in [0.2, 0.25) is 5.91 Å². The molecule has 1 aliphatic rings. The van der Waals surface area contributed by atoms with Gasteiger partial charge in [-0.05, 0) is 29.8 Å². The van der Waals surface area contributed by atoms with Crippen molar-refractivity contribution in [3.05, 3.63) is 54.1 Å². The average molecular weight is 352 g/mol. The highest BCUT2D eigenvalue weighted by molar-refractivity contribution is 6.09. The molecule has 2 heterocycles. The van der Waals surface area contributed by atoms with Crippen molar-refractivity contribution in [2.75, 3.05) is 6.61 Å². The SMILES string of the molecule is NC(=O)C=Cc1ccc2c(c1)c1ccccc1n2[C@H]1CC(O)[C@@H](CO)O1. The molecule has 26 heavy (non-hydrogen) atoms. The number of benzene rings is 2. The first kappa shape index (κ1) is 16.8. The van der Waals surface area contributed by atoms with Crippen LogP contribution in [0.4, 0.5) is 0 Å². The lowest BCUT2D eigenvalue weighted by Crippen LogP contribution is -2.24. The van der Waals surface area contributed by atoms with Gasteiger partial charge in [0.1, 0.15) is 12.3 Å². The first-order valence-corrected chi connectivity index (χ1v) is 8.53. The number of aliphatic hydroxyl groups is 2. The zero-order chi connectivity index (χ0) is 18.3. The molecule has 2 aromatic carbocycles. The van der Waals surface area contributed by atoms with Crippen LogP contribution in [0, 0.1) is 0 Å². The standard InChI is InChI=1S/C20H20N2O4/c21-19(25)8-6-12-5-7-16-14(9-12)13-3-1-2-4-15(13)22(16)20-10-17(24)18(11-23)26-20/h1-9,17-18,20,23-24H,10-11H2,(H2,21,25)/t17?,18-,20-/m1/s1. The largest absolute Gasteiger partial charge is 0.394 e. The van der Waals surface area contributed by atoms with Crippen LogP contribution in [0.25, 0.3) is 27.9 Å². The first-order chi connectivity index (χ1) is 12.6. The topological polar surface area (TPSA) is 97.7 Å². The molecule has 0 saturated carbocycles. The van der Waals surface area contributed by atoms with Crippen molar-refractivity contribution in [1.82, 2.24) is 4.57 Å². The van der Waals surface area contributed by atoms with Crippen LogP contribution in [0.15, 0.2) is 48.5 Å². The van der Waals surface area contributed by atoms with E-state index in [2.05, 4.69) is 4.57 Å². The van der Waals surface area contributed by atoms with Gasteiger partial charge >= 0.3 is 0 Å². The van der Waals surface area contributed by atoms with Crippen LogP contribution in [-0.2, 0) is 9.53 Å². The number of primary amides is 1. The van der Waals surface area contributed by atoms with E-state index in [1.54, 1.807) is 6.08 Å². The predicted molar refractivity (Wildman–Crippen MR) is 99.3 cm³/mol. The van der Waals surface area contributed by atoms with E-state index in [1.807, 2.05) is 42.5 Å². The first-order valence-electron chi connectivity index (χ1n) is 8.53. The molecule has 0 radical (unpaired) electrons. The van der Waals surface area contributed by atoms with Crippen LogP contribution in [-0.4, -0.2) is 39.5 Å². The highest BCUT2D eigenvalue weighted by atomic mass is 16.5. The maximum atomic E-state index is 11.0. The zero-order valence-corrected chi connectivity index (χ0v) is 14.1. The molecular weight excluding hydrogens is 332 g/mol. The number of rotatable bonds is 4. The third kappa shape index (κ3) is 2.78. The average Bonchev–Trinajstić information content (AvgIpc) is 3.17. The lowest BCUT2D eigenvalue weighted by molar-refractivity contribution is -0.113. The number of ether oxygens (including phenoxy) is 1. The van der Waals surface area contributed by atoms with E-state index in [4.69, 9.17) is 10.5 Å². The third-order valence-corrected chi connectivity index (χ3v) is 4.85. The summed E-state index contributed by atoms with van der Waals surface area (Å²) in [5.41, 5.74) is 8.02. The predicted octanol–water partition coefficient (Wildman–Crippen LogP) is 1.93. The monoisotopic (exact) mass is 352 g/mol. The van der Waals surface area contributed by atoms with Crippen molar-refractivity contribution in [2.45, 2.75) is 24.9 Å². The molecule has 4 N–H and O–H groups in total. The number of amides is 1. The molecule has 1 aliphatic heterocycles. The van der Waals surface area contributed by atoms with Gasteiger partial charge in [-0.15, -0.1) is 0 Å². The molecule has 1 amide bonds. The summed E-state index contributed by atoms with van der Waals surface area (Å²) in [5, 5.41) is 21.6. The Balaban J connectivity index is 1.88. The molecule has 1 saturated heterocycles. The molecular formula is C20H20N2O4. The number of aliphatic hydroxyl groups excluding tert-OH is 2. The van der Waals surface area contributed by atoms with E-state index in [1.165, 1.54) is 6.08 Å². The summed E-state index contributed by atoms with van der Waals surface area (Å²) in [6.45, 7) is -0.211. The summed E-state index contributed by atoms with van der Waals surface area (Å²) in [7, 11) is 0. The summed E-state index contributed by atoms with van der Waals surface area (Å²) < 4.78 is 7.94. The summed E-state index contributed by atoms with van der Waals surface area (Å²) in [4.78, 5) is 11.0. The molecule has 0 bridgehead atoms. The number of para-hydroxylation sites is 1. The van der Waals surface area contributed by atoms with Crippen LogP contribution in [0.2, 0.25) is 0 Å². The summed E-state index contributed by atoms with van der Waals surface area (Å²) in [5.74, 6) is -0.490. The Labute approximate surface area is 150 Å². The summed E-state index contributed by atoms with van der Waals surface area (Å²) in [6.07, 6.45) is 1.82. The van der Waals surface area contributed by atoms with E-state index < -0.39 is 18.1 Å². The number of hydrogen-bond acceptors (Lipinski definition) is 4. The second kappa shape index (κ2) is 6.57. The quantitative estimate of drug-likeness (QED) is 0.625. The normalized spacial score (nSPS) is 23.4. The fraction of sp³-hybridized carbons (Fsp3) is 0.250. The maximum absolute atomic E-state index is 11.0. The van der Waals surface area contributed by atoms with Crippen molar-refractivity contribution in [3.8, 4) is 0 Å². The Kier molecular flexibility index (Phi) is 4.24. The molecule has 0 spiro atoms. The van der Waals surface area contributed by atoms with E-state index in [0.29, 0.717) is 6.42 Å². The van der Waals surface area contributed by atoms with Gasteiger partial charge in [0.25, 0.3) is 0 Å². The second-order valence-corrected chi connectivity index (χ2v) is 6.51. The van der Waals surface area contributed by atoms with Gasteiger partial charge in [0.15, 0.2) is 0 Å². The molecule has 0 aliphatic carbocycles. The lowest BCUT2D eigenvalue weighted by Gasteiger charge is -2.16. The number of hydrogen-bond donors (Lipinski definition) is 3. The van der Waals surface area contributed by atoms with E-state index in [0.717, 1.165) is 27.4 Å². The fourth-order valence-electron chi connectivity index (χ4n) is 3.65. The zero-order valence-electron chi connectivity index (χ0n) is 14.1. The minimum absolute atomic E-state index is 0.211. The van der Waals surface area contributed by atoms with Gasteiger partial charge in [-0.3, -0.25) is 4.79 Å². The highest BCUT2D eigenvalue weighted by Gasteiger charge is 2.35. The van der Waals surface area contributed by atoms with Gasteiger partial charge in [-0.25, -0.2) is 0 Å². The number of nitrogens with two attached hydrogens (primary N) is 1. The number of carbonyl (C=O) groups excluding carboxylic acids is 1. The van der Waals surface area contributed by atoms with Crippen LogP contribution >= 0.6 is 0 Å². The fourth-order valence-corrected chi connectivity index (χ4v) is 3.65. The van der Waals surface area contributed by atoms with Gasteiger partial charge in [-0.2, -0.15) is 0 Å². The number of aromatic nitrogens is 1. The van der Waals surface area contributed by atoms with Gasteiger partial charge < -0.3 is 25.3 Å². The van der Waals surface area contributed by atoms with Gasteiger partial charge in [-0.1, -0.05) is 24.3 Å². The van der Waals surface area contributed by atoms with Gasteiger partial charge in [0.05, 0.1) is 23.7 Å². The number of fused-ring (bicyclic) bond motifs is 3. The third-order valence-electron chi connectivity index (χ3n) is 4.85. The molecule has 134 valence electrons. The maximum Gasteiger partial charge on any atom is 0.241 e. The molecule has 4 rings (SSSR count). The smallest absolute Gasteiger partial charge is 0.241 e. The Morgan fingerprint density at radius 2 is 2.00 bits per heavy atom. The molecule has 1 fully saturated rings. The molecule has 3 aromatic rings.